The summed E-state index contributed by atoms with van der Waals surface area (Å²) in [5, 5.41) is 9.71. The van der Waals surface area contributed by atoms with Gasteiger partial charge in [-0.05, 0) is 48.2 Å². The van der Waals surface area contributed by atoms with Gasteiger partial charge in [0.1, 0.15) is 0 Å². The first-order chi connectivity index (χ1) is 8.60. The Morgan fingerprint density at radius 3 is 2.32 bits per heavy atom. The van der Waals surface area contributed by atoms with Crippen molar-refractivity contribution in [1.82, 2.24) is 0 Å². The van der Waals surface area contributed by atoms with Crippen molar-refractivity contribution in [3.63, 3.8) is 0 Å². The molecule has 1 aliphatic carbocycles. The highest BCUT2D eigenvalue weighted by atomic mass is 28.4. The molecule has 0 aromatic heterocycles. The highest BCUT2D eigenvalue weighted by Gasteiger charge is 2.41. The first-order valence-electron chi connectivity index (χ1n) is 7.85. The van der Waals surface area contributed by atoms with E-state index in [-0.39, 0.29) is 5.04 Å². The lowest BCUT2D eigenvalue weighted by molar-refractivity contribution is 0.111. The molecule has 1 rings (SSSR count). The van der Waals surface area contributed by atoms with Crippen LogP contribution in [0.4, 0.5) is 0 Å². The second-order valence-electron chi connectivity index (χ2n) is 8.11. The molecule has 114 valence electrons. The molecule has 0 bridgehead atoms. The van der Waals surface area contributed by atoms with Crippen LogP contribution in [0, 0.1) is 23.7 Å². The number of aliphatic hydroxyl groups excluding tert-OH is 1. The largest absolute Gasteiger partial charge is 0.417 e. The zero-order chi connectivity index (χ0) is 14.8. The summed E-state index contributed by atoms with van der Waals surface area (Å²) in [5.74, 6) is 2.43. The minimum Gasteiger partial charge on any atom is -0.417 e. The van der Waals surface area contributed by atoms with Crippen LogP contribution in [0.3, 0.4) is 0 Å². The molecule has 0 aromatic rings. The summed E-state index contributed by atoms with van der Waals surface area (Å²) in [5.41, 5.74) is 0. The van der Waals surface area contributed by atoms with Crippen LogP contribution < -0.4 is 0 Å². The van der Waals surface area contributed by atoms with Gasteiger partial charge in [0.25, 0.3) is 0 Å². The van der Waals surface area contributed by atoms with Gasteiger partial charge in [-0.3, -0.25) is 0 Å². The fourth-order valence-electron chi connectivity index (χ4n) is 2.96. The van der Waals surface area contributed by atoms with E-state index in [2.05, 4.69) is 47.7 Å². The second-order valence-corrected chi connectivity index (χ2v) is 12.9. The third-order valence-electron chi connectivity index (χ3n) is 5.70. The average molecular weight is 287 g/mol. The van der Waals surface area contributed by atoms with E-state index in [9.17, 15) is 5.11 Å². The minimum atomic E-state index is -1.64. The molecule has 1 fully saturated rings. The maximum absolute atomic E-state index is 9.42. The van der Waals surface area contributed by atoms with Gasteiger partial charge in [-0.2, -0.15) is 0 Å². The number of hydrogen-bond donors (Lipinski definition) is 1. The molecule has 4 atom stereocenters. The Bertz CT molecular complexity index is 283. The highest BCUT2D eigenvalue weighted by Crippen LogP contribution is 2.43. The van der Waals surface area contributed by atoms with Crippen LogP contribution >= 0.6 is 0 Å². The Morgan fingerprint density at radius 2 is 1.84 bits per heavy atom. The van der Waals surface area contributed by atoms with Crippen molar-refractivity contribution in [2.75, 3.05) is 13.2 Å². The van der Waals surface area contributed by atoms with Crippen LogP contribution in [-0.4, -0.2) is 26.6 Å². The molecule has 0 radical (unpaired) electrons. The second kappa shape index (κ2) is 6.27. The molecular weight excluding hydrogens is 252 g/mol. The van der Waals surface area contributed by atoms with Crippen molar-refractivity contribution < 1.29 is 9.53 Å². The van der Waals surface area contributed by atoms with Crippen LogP contribution in [-0.2, 0) is 4.43 Å². The average Bonchev–Trinajstić information content (AvgIpc) is 2.65. The van der Waals surface area contributed by atoms with E-state index in [0.717, 1.165) is 12.5 Å². The molecule has 1 N–H and O–H groups in total. The predicted molar refractivity (Wildman–Crippen MR) is 84.8 cm³/mol. The Balaban J connectivity index is 2.64. The SMILES string of the molecule is C[C@H](CO)[C@H]1CC[C@H](C)[C@H]1CO[Si](C)(C)C(C)(C)C. The van der Waals surface area contributed by atoms with E-state index < -0.39 is 8.32 Å². The van der Waals surface area contributed by atoms with Crippen molar-refractivity contribution in [3.05, 3.63) is 0 Å². The fourth-order valence-corrected chi connectivity index (χ4v) is 4.00. The molecule has 1 saturated carbocycles. The zero-order valence-corrected chi connectivity index (χ0v) is 15.0. The summed E-state index contributed by atoms with van der Waals surface area (Å²) in [7, 11) is -1.64. The Labute approximate surface area is 121 Å². The van der Waals surface area contributed by atoms with Crippen LogP contribution in [0.1, 0.15) is 47.5 Å². The van der Waals surface area contributed by atoms with E-state index in [4.69, 9.17) is 4.43 Å². The smallest absolute Gasteiger partial charge is 0.191 e. The lowest BCUT2D eigenvalue weighted by atomic mass is 9.83. The van der Waals surface area contributed by atoms with Gasteiger partial charge in [0, 0.05) is 13.2 Å². The normalized spacial score (nSPS) is 30.6. The monoisotopic (exact) mass is 286 g/mol. The molecule has 2 nitrogen and oxygen atoms in total. The van der Waals surface area contributed by atoms with Gasteiger partial charge in [-0.1, -0.05) is 41.0 Å². The molecule has 0 aromatic carbocycles. The van der Waals surface area contributed by atoms with Crippen molar-refractivity contribution in [3.8, 4) is 0 Å². The molecule has 0 aliphatic heterocycles. The van der Waals surface area contributed by atoms with Gasteiger partial charge in [-0.15, -0.1) is 0 Å². The van der Waals surface area contributed by atoms with Crippen molar-refractivity contribution in [2.24, 2.45) is 23.7 Å². The van der Waals surface area contributed by atoms with E-state index in [1.165, 1.54) is 12.8 Å². The summed E-state index contributed by atoms with van der Waals surface area (Å²) < 4.78 is 6.43. The van der Waals surface area contributed by atoms with Gasteiger partial charge < -0.3 is 9.53 Å². The summed E-state index contributed by atoms with van der Waals surface area (Å²) in [6.07, 6.45) is 2.55. The molecule has 1 aliphatic rings. The lowest BCUT2D eigenvalue weighted by Gasteiger charge is -2.38. The molecule has 19 heavy (non-hydrogen) atoms. The fraction of sp³-hybridized carbons (Fsp3) is 1.00. The van der Waals surface area contributed by atoms with Gasteiger partial charge >= 0.3 is 0 Å². The van der Waals surface area contributed by atoms with E-state index in [1.807, 2.05) is 0 Å². The molecule has 0 saturated heterocycles. The molecule has 0 unspecified atom stereocenters. The Morgan fingerprint density at radius 1 is 1.26 bits per heavy atom. The summed E-state index contributed by atoms with van der Waals surface area (Å²) in [6.45, 7) is 17.3. The lowest BCUT2D eigenvalue weighted by Crippen LogP contribution is -2.43. The third-order valence-corrected chi connectivity index (χ3v) is 10.2. The van der Waals surface area contributed by atoms with E-state index >= 15 is 0 Å². The van der Waals surface area contributed by atoms with Gasteiger partial charge in [-0.25, -0.2) is 0 Å². The number of hydrogen-bond acceptors (Lipinski definition) is 2. The molecule has 0 spiro atoms. The summed E-state index contributed by atoms with van der Waals surface area (Å²) in [4.78, 5) is 0. The minimum absolute atomic E-state index is 0.285. The Kier molecular flexibility index (Phi) is 5.68. The van der Waals surface area contributed by atoms with Gasteiger partial charge in [0.2, 0.25) is 0 Å². The first-order valence-corrected chi connectivity index (χ1v) is 10.8. The quantitative estimate of drug-likeness (QED) is 0.764. The van der Waals surface area contributed by atoms with E-state index in [0.29, 0.717) is 24.4 Å². The summed E-state index contributed by atoms with van der Waals surface area (Å²) >= 11 is 0. The van der Waals surface area contributed by atoms with Gasteiger partial charge in [0.05, 0.1) is 0 Å². The van der Waals surface area contributed by atoms with Gasteiger partial charge in [0.15, 0.2) is 8.32 Å². The summed E-state index contributed by atoms with van der Waals surface area (Å²) in [6, 6.07) is 0. The van der Waals surface area contributed by atoms with Crippen LogP contribution in [0.2, 0.25) is 18.1 Å². The molecule has 0 amide bonds. The van der Waals surface area contributed by atoms with E-state index in [1.54, 1.807) is 0 Å². The molecule has 0 heterocycles. The predicted octanol–water partition coefficient (Wildman–Crippen LogP) is 4.30. The van der Waals surface area contributed by atoms with Crippen LogP contribution in [0.15, 0.2) is 0 Å². The van der Waals surface area contributed by atoms with Crippen molar-refractivity contribution >= 4 is 8.32 Å². The highest BCUT2D eigenvalue weighted by molar-refractivity contribution is 6.74. The topological polar surface area (TPSA) is 29.5 Å². The zero-order valence-electron chi connectivity index (χ0n) is 14.0. The maximum atomic E-state index is 9.42. The standard InChI is InChI=1S/C16H34O2Si/c1-12-8-9-14(13(2)10-17)15(12)11-18-19(6,7)16(3,4)5/h12-15,17H,8-11H2,1-7H3/t12-,13+,14+,15+/m0/s1. The van der Waals surface area contributed by atoms with Crippen LogP contribution in [0.25, 0.3) is 0 Å². The Hall–Kier alpha value is 0.137. The number of rotatable bonds is 5. The number of aliphatic hydroxyl groups is 1. The third kappa shape index (κ3) is 4.05. The van der Waals surface area contributed by atoms with Crippen molar-refractivity contribution in [2.45, 2.75) is 65.6 Å². The first kappa shape index (κ1) is 17.2. The maximum Gasteiger partial charge on any atom is 0.191 e. The van der Waals surface area contributed by atoms with Crippen LogP contribution in [0.5, 0.6) is 0 Å². The molecule has 3 heteroatoms. The molecular formula is C16H34O2Si. The van der Waals surface area contributed by atoms with Crippen molar-refractivity contribution in [1.29, 1.82) is 0 Å².